The summed E-state index contributed by atoms with van der Waals surface area (Å²) in [6.07, 6.45) is 4.74. The van der Waals surface area contributed by atoms with Crippen molar-refractivity contribution in [1.29, 1.82) is 0 Å². The zero-order valence-corrected chi connectivity index (χ0v) is 14.7. The Bertz CT molecular complexity index is 1060. The maximum atomic E-state index is 12.3. The van der Waals surface area contributed by atoms with Gasteiger partial charge in [-0.3, -0.25) is 4.79 Å². The molecule has 132 valence electrons. The van der Waals surface area contributed by atoms with E-state index in [9.17, 15) is 4.79 Å². The molecule has 26 heavy (non-hydrogen) atoms. The van der Waals surface area contributed by atoms with Crippen molar-refractivity contribution in [3.63, 3.8) is 0 Å². The van der Waals surface area contributed by atoms with Crippen LogP contribution in [-0.4, -0.2) is 29.1 Å². The number of carbonyl (C=O) groups excluding carboxylic acids is 1. The number of ether oxygens (including phenoxy) is 1. The Hall–Kier alpha value is -3.21. The lowest BCUT2D eigenvalue weighted by Crippen LogP contribution is -2.29. The molecule has 0 unspecified atom stereocenters. The van der Waals surface area contributed by atoms with E-state index in [1.165, 1.54) is 10.9 Å². The van der Waals surface area contributed by atoms with Gasteiger partial charge in [-0.2, -0.15) is 0 Å². The molecule has 0 bridgehead atoms. The number of aromatic amines is 1. The molecule has 2 heterocycles. The number of aromatic nitrogens is 2. The van der Waals surface area contributed by atoms with Crippen molar-refractivity contribution >= 4 is 27.7 Å². The molecular formula is C21H21N3O2. The van der Waals surface area contributed by atoms with Gasteiger partial charge in [-0.25, -0.2) is 0 Å². The molecule has 2 aromatic carbocycles. The van der Waals surface area contributed by atoms with Crippen molar-refractivity contribution in [3.8, 4) is 5.75 Å². The third kappa shape index (κ3) is 3.04. The van der Waals surface area contributed by atoms with Gasteiger partial charge in [-0.15, -0.1) is 0 Å². The Morgan fingerprint density at radius 1 is 1.12 bits per heavy atom. The van der Waals surface area contributed by atoms with Crippen LogP contribution in [-0.2, 0) is 17.8 Å². The van der Waals surface area contributed by atoms with E-state index < -0.39 is 0 Å². The largest absolute Gasteiger partial charge is 0.496 e. The molecule has 0 fully saturated rings. The normalized spacial score (nSPS) is 11.1. The van der Waals surface area contributed by atoms with Crippen LogP contribution in [0.2, 0.25) is 0 Å². The van der Waals surface area contributed by atoms with E-state index in [2.05, 4.69) is 22.4 Å². The van der Waals surface area contributed by atoms with E-state index in [1.807, 2.05) is 53.4 Å². The molecule has 2 N–H and O–H groups in total. The van der Waals surface area contributed by atoms with E-state index in [4.69, 9.17) is 4.74 Å². The fourth-order valence-electron chi connectivity index (χ4n) is 3.40. The highest BCUT2D eigenvalue weighted by molar-refractivity contribution is 5.88. The Morgan fingerprint density at radius 2 is 2.00 bits per heavy atom. The first kappa shape index (κ1) is 16.3. The van der Waals surface area contributed by atoms with Crippen LogP contribution in [0.5, 0.6) is 5.75 Å². The number of para-hydroxylation sites is 1. The van der Waals surface area contributed by atoms with Crippen LogP contribution in [0, 0.1) is 0 Å². The first-order valence-corrected chi connectivity index (χ1v) is 8.70. The van der Waals surface area contributed by atoms with Crippen LogP contribution in [0.25, 0.3) is 21.8 Å². The third-order valence-electron chi connectivity index (χ3n) is 4.70. The SMILES string of the molecule is COc1cccc2c1ccn2CC(=O)NCCc1c[nH]c2ccccc12. The van der Waals surface area contributed by atoms with Gasteiger partial charge in [0.2, 0.25) is 5.91 Å². The summed E-state index contributed by atoms with van der Waals surface area (Å²) in [6.45, 7) is 0.910. The summed E-state index contributed by atoms with van der Waals surface area (Å²) in [5.41, 5.74) is 3.34. The smallest absolute Gasteiger partial charge is 0.239 e. The average Bonchev–Trinajstić information content (AvgIpc) is 3.26. The van der Waals surface area contributed by atoms with Crippen molar-refractivity contribution in [2.45, 2.75) is 13.0 Å². The molecule has 5 heteroatoms. The molecule has 0 aliphatic heterocycles. The van der Waals surface area contributed by atoms with Gasteiger partial charge in [0.15, 0.2) is 0 Å². The van der Waals surface area contributed by atoms with Crippen LogP contribution >= 0.6 is 0 Å². The fourth-order valence-corrected chi connectivity index (χ4v) is 3.40. The van der Waals surface area contributed by atoms with E-state index in [-0.39, 0.29) is 5.91 Å². The van der Waals surface area contributed by atoms with Crippen LogP contribution in [0.3, 0.4) is 0 Å². The lowest BCUT2D eigenvalue weighted by molar-refractivity contribution is -0.121. The van der Waals surface area contributed by atoms with Gasteiger partial charge in [0, 0.05) is 35.2 Å². The van der Waals surface area contributed by atoms with Crippen LogP contribution < -0.4 is 10.1 Å². The lowest BCUT2D eigenvalue weighted by atomic mass is 10.1. The van der Waals surface area contributed by atoms with Crippen LogP contribution in [0.1, 0.15) is 5.56 Å². The number of benzene rings is 2. The summed E-state index contributed by atoms with van der Waals surface area (Å²) in [4.78, 5) is 15.6. The van der Waals surface area contributed by atoms with Crippen molar-refractivity contribution in [3.05, 3.63) is 66.5 Å². The zero-order valence-electron chi connectivity index (χ0n) is 14.7. The molecule has 0 aliphatic carbocycles. The van der Waals surface area contributed by atoms with Crippen molar-refractivity contribution in [2.24, 2.45) is 0 Å². The summed E-state index contributed by atoms with van der Waals surface area (Å²) < 4.78 is 7.31. The van der Waals surface area contributed by atoms with Gasteiger partial charge in [0.1, 0.15) is 12.3 Å². The minimum absolute atomic E-state index is 0.00478. The van der Waals surface area contributed by atoms with Gasteiger partial charge in [-0.1, -0.05) is 24.3 Å². The van der Waals surface area contributed by atoms with Crippen molar-refractivity contribution in [2.75, 3.05) is 13.7 Å². The standard InChI is InChI=1S/C21H21N3O2/c1-26-20-8-4-7-19-17(20)10-12-24(19)14-21(25)22-11-9-15-13-23-18-6-3-2-5-16(15)18/h2-8,10,12-13,23H,9,11,14H2,1H3,(H,22,25). The molecular weight excluding hydrogens is 326 g/mol. The second-order valence-corrected chi connectivity index (χ2v) is 6.30. The predicted octanol–water partition coefficient (Wildman–Crippen LogP) is 3.49. The summed E-state index contributed by atoms with van der Waals surface area (Å²) in [5, 5.41) is 5.24. The zero-order chi connectivity index (χ0) is 17.9. The minimum atomic E-state index is 0.00478. The first-order chi connectivity index (χ1) is 12.8. The molecule has 4 rings (SSSR count). The van der Waals surface area contributed by atoms with Crippen LogP contribution in [0.4, 0.5) is 0 Å². The van der Waals surface area contributed by atoms with Gasteiger partial charge in [-0.05, 0) is 36.2 Å². The van der Waals surface area contributed by atoms with Crippen molar-refractivity contribution < 1.29 is 9.53 Å². The quantitative estimate of drug-likeness (QED) is 0.561. The molecule has 2 aromatic heterocycles. The maximum absolute atomic E-state index is 12.3. The number of rotatable bonds is 6. The number of fused-ring (bicyclic) bond motifs is 2. The van der Waals surface area contributed by atoms with E-state index >= 15 is 0 Å². The Labute approximate surface area is 151 Å². The maximum Gasteiger partial charge on any atom is 0.239 e. The molecule has 0 atom stereocenters. The van der Waals surface area contributed by atoms with Gasteiger partial charge in [0.05, 0.1) is 12.6 Å². The summed E-state index contributed by atoms with van der Waals surface area (Å²) in [6, 6.07) is 16.0. The number of hydrogen-bond donors (Lipinski definition) is 2. The monoisotopic (exact) mass is 347 g/mol. The highest BCUT2D eigenvalue weighted by Gasteiger charge is 2.09. The van der Waals surface area contributed by atoms with E-state index in [0.29, 0.717) is 13.1 Å². The van der Waals surface area contributed by atoms with E-state index in [0.717, 1.165) is 28.6 Å². The summed E-state index contributed by atoms with van der Waals surface area (Å²) >= 11 is 0. The lowest BCUT2D eigenvalue weighted by Gasteiger charge is -2.08. The van der Waals surface area contributed by atoms with Gasteiger partial charge < -0.3 is 19.6 Å². The molecule has 0 saturated heterocycles. The number of carbonyl (C=O) groups is 1. The van der Waals surface area contributed by atoms with Gasteiger partial charge in [0.25, 0.3) is 0 Å². The molecule has 0 saturated carbocycles. The second kappa shape index (κ2) is 6.96. The number of H-pyrrole nitrogens is 1. The molecule has 0 spiro atoms. The van der Waals surface area contributed by atoms with Crippen LogP contribution in [0.15, 0.2) is 60.9 Å². The molecule has 0 radical (unpaired) electrons. The third-order valence-corrected chi connectivity index (χ3v) is 4.70. The Kier molecular flexibility index (Phi) is 4.35. The predicted molar refractivity (Wildman–Crippen MR) is 104 cm³/mol. The average molecular weight is 347 g/mol. The van der Waals surface area contributed by atoms with E-state index in [1.54, 1.807) is 7.11 Å². The number of hydrogen-bond acceptors (Lipinski definition) is 2. The highest BCUT2D eigenvalue weighted by atomic mass is 16.5. The topological polar surface area (TPSA) is 59.0 Å². The second-order valence-electron chi connectivity index (χ2n) is 6.30. The molecule has 0 aliphatic rings. The minimum Gasteiger partial charge on any atom is -0.496 e. The molecule has 5 nitrogen and oxygen atoms in total. The number of methoxy groups -OCH3 is 1. The number of nitrogens with zero attached hydrogens (tertiary/aromatic N) is 1. The number of nitrogens with one attached hydrogen (secondary N) is 2. The highest BCUT2D eigenvalue weighted by Crippen LogP contribution is 2.26. The fraction of sp³-hybridized carbons (Fsp3) is 0.190. The summed E-state index contributed by atoms with van der Waals surface area (Å²) in [7, 11) is 1.66. The Balaban J connectivity index is 1.39. The first-order valence-electron chi connectivity index (χ1n) is 8.70. The molecule has 1 amide bonds. The molecule has 4 aromatic rings. The number of amides is 1. The Morgan fingerprint density at radius 3 is 2.88 bits per heavy atom. The summed E-state index contributed by atoms with van der Waals surface area (Å²) in [5.74, 6) is 0.825. The van der Waals surface area contributed by atoms with Crippen molar-refractivity contribution in [1.82, 2.24) is 14.9 Å². The van der Waals surface area contributed by atoms with Gasteiger partial charge >= 0.3 is 0 Å².